The first-order valence-electron chi connectivity index (χ1n) is 2.60. The summed E-state index contributed by atoms with van der Waals surface area (Å²) in [6.45, 7) is 1.85. The van der Waals surface area contributed by atoms with Gasteiger partial charge in [0.25, 0.3) is 0 Å². The largest absolute Gasteiger partial charge is 0.373 e. The molecule has 0 aromatic heterocycles. The second-order valence-corrected chi connectivity index (χ2v) is 2.47. The van der Waals surface area contributed by atoms with E-state index in [4.69, 9.17) is 0 Å². The fourth-order valence-electron chi connectivity index (χ4n) is 0.534. The second-order valence-electron chi connectivity index (χ2n) is 2.47. The van der Waals surface area contributed by atoms with Gasteiger partial charge in [-0.3, -0.25) is 0 Å². The summed E-state index contributed by atoms with van der Waals surface area (Å²) in [5.74, 6) is 4.37. The van der Waals surface area contributed by atoms with Crippen LogP contribution >= 0.6 is 0 Å². The molecule has 0 spiro atoms. The number of carbonyl (C=O) groups is 1. The van der Waals surface area contributed by atoms with Gasteiger partial charge in [0, 0.05) is 0 Å². The van der Waals surface area contributed by atoms with Crippen molar-refractivity contribution in [2.24, 2.45) is 11.3 Å². The minimum Gasteiger partial charge on any atom is -0.373 e. The van der Waals surface area contributed by atoms with Gasteiger partial charge in [0.15, 0.2) is 0 Å². The lowest BCUT2D eigenvalue weighted by Crippen LogP contribution is -2.18. The van der Waals surface area contributed by atoms with Gasteiger partial charge < -0.3 is 4.84 Å². The minimum atomic E-state index is -0.280. The summed E-state index contributed by atoms with van der Waals surface area (Å²) in [6, 6.07) is 0. The molecule has 46 valence electrons. The zero-order valence-corrected chi connectivity index (χ0v) is 4.81. The highest BCUT2D eigenvalue weighted by Crippen LogP contribution is 2.45. The first-order valence-corrected chi connectivity index (χ1v) is 2.60. The van der Waals surface area contributed by atoms with Gasteiger partial charge in [0.2, 0.25) is 0 Å². The van der Waals surface area contributed by atoms with E-state index in [2.05, 4.69) is 10.7 Å². The van der Waals surface area contributed by atoms with Crippen molar-refractivity contribution >= 4 is 5.97 Å². The predicted octanol–water partition coefficient (Wildman–Crippen LogP) is 0.203. The van der Waals surface area contributed by atoms with E-state index in [-0.39, 0.29) is 11.4 Å². The van der Waals surface area contributed by atoms with Crippen LogP contribution in [-0.2, 0) is 9.63 Å². The maximum absolute atomic E-state index is 10.5. The van der Waals surface area contributed by atoms with Crippen LogP contribution in [0.15, 0.2) is 0 Å². The van der Waals surface area contributed by atoms with Crippen molar-refractivity contribution in [1.82, 2.24) is 0 Å². The lowest BCUT2D eigenvalue weighted by atomic mass is 10.2. The zero-order chi connectivity index (χ0) is 6.20. The summed E-state index contributed by atoms with van der Waals surface area (Å²) < 4.78 is 0. The Bertz CT molecular complexity index is 118. The molecular formula is C5H9NO2. The molecule has 0 aliphatic heterocycles. The summed E-state index contributed by atoms with van der Waals surface area (Å²) in [5.41, 5.74) is -0.227. The molecule has 0 amide bonds. The molecule has 1 rings (SSSR count). The van der Waals surface area contributed by atoms with Gasteiger partial charge in [-0.1, -0.05) is 0 Å². The Balaban J connectivity index is 2.46. The van der Waals surface area contributed by atoms with Gasteiger partial charge in [-0.2, -0.15) is 5.90 Å². The standard InChI is InChI=1S/C5H9NO2/c1-5(2-3-5)4(7)8-6/h2-3,6H2,1H3. The molecule has 0 heterocycles. The van der Waals surface area contributed by atoms with Crippen LogP contribution in [0.1, 0.15) is 19.8 Å². The Labute approximate surface area is 47.8 Å². The Morgan fingerprint density at radius 2 is 2.25 bits per heavy atom. The third-order valence-electron chi connectivity index (χ3n) is 1.60. The molecule has 0 radical (unpaired) electrons. The number of rotatable bonds is 1. The molecule has 1 aliphatic rings. The fourth-order valence-corrected chi connectivity index (χ4v) is 0.534. The van der Waals surface area contributed by atoms with E-state index >= 15 is 0 Å². The van der Waals surface area contributed by atoms with Crippen molar-refractivity contribution in [2.45, 2.75) is 19.8 Å². The van der Waals surface area contributed by atoms with Gasteiger partial charge in [0.05, 0.1) is 5.41 Å². The van der Waals surface area contributed by atoms with Crippen molar-refractivity contribution in [3.8, 4) is 0 Å². The van der Waals surface area contributed by atoms with Crippen LogP contribution < -0.4 is 5.90 Å². The zero-order valence-electron chi connectivity index (χ0n) is 4.81. The smallest absolute Gasteiger partial charge is 0.330 e. The molecule has 0 unspecified atom stereocenters. The van der Waals surface area contributed by atoms with Crippen LogP contribution in [0.3, 0.4) is 0 Å². The summed E-state index contributed by atoms with van der Waals surface area (Å²) in [5, 5.41) is 0. The lowest BCUT2D eigenvalue weighted by molar-refractivity contribution is -0.150. The molecule has 0 saturated heterocycles. The molecule has 1 saturated carbocycles. The van der Waals surface area contributed by atoms with Crippen molar-refractivity contribution in [3.05, 3.63) is 0 Å². The van der Waals surface area contributed by atoms with E-state index < -0.39 is 0 Å². The Morgan fingerprint density at radius 1 is 1.75 bits per heavy atom. The van der Waals surface area contributed by atoms with Crippen molar-refractivity contribution in [2.75, 3.05) is 0 Å². The quantitative estimate of drug-likeness (QED) is 0.497. The number of hydrogen-bond acceptors (Lipinski definition) is 3. The summed E-state index contributed by atoms with van der Waals surface area (Å²) in [4.78, 5) is 14.6. The van der Waals surface area contributed by atoms with E-state index in [1.54, 1.807) is 0 Å². The van der Waals surface area contributed by atoms with E-state index in [1.165, 1.54) is 0 Å². The Kier molecular flexibility index (Phi) is 1.01. The Morgan fingerprint density at radius 3 is 2.38 bits per heavy atom. The molecule has 0 aromatic carbocycles. The first-order chi connectivity index (χ1) is 3.69. The highest BCUT2D eigenvalue weighted by Gasteiger charge is 2.46. The molecule has 0 atom stereocenters. The third-order valence-corrected chi connectivity index (χ3v) is 1.60. The van der Waals surface area contributed by atoms with E-state index in [1.807, 2.05) is 6.92 Å². The molecule has 1 fully saturated rings. The van der Waals surface area contributed by atoms with Crippen LogP contribution in [0.25, 0.3) is 0 Å². The van der Waals surface area contributed by atoms with E-state index in [0.717, 1.165) is 12.8 Å². The molecule has 3 nitrogen and oxygen atoms in total. The Hall–Kier alpha value is -0.570. The third kappa shape index (κ3) is 0.690. The van der Waals surface area contributed by atoms with Crippen LogP contribution in [0.2, 0.25) is 0 Å². The number of hydrogen-bond donors (Lipinski definition) is 1. The van der Waals surface area contributed by atoms with Crippen molar-refractivity contribution in [1.29, 1.82) is 0 Å². The van der Waals surface area contributed by atoms with E-state index in [0.29, 0.717) is 0 Å². The topological polar surface area (TPSA) is 52.3 Å². The van der Waals surface area contributed by atoms with Gasteiger partial charge in [-0.25, -0.2) is 4.79 Å². The highest BCUT2D eigenvalue weighted by atomic mass is 16.7. The maximum atomic E-state index is 10.5. The molecule has 1 aliphatic carbocycles. The van der Waals surface area contributed by atoms with E-state index in [9.17, 15) is 4.79 Å². The first kappa shape index (κ1) is 5.56. The number of carbonyl (C=O) groups excluding carboxylic acids is 1. The molecule has 8 heavy (non-hydrogen) atoms. The highest BCUT2D eigenvalue weighted by molar-refractivity contribution is 5.78. The lowest BCUT2D eigenvalue weighted by Gasteiger charge is -2.00. The molecule has 3 heteroatoms. The average molecular weight is 115 g/mol. The predicted molar refractivity (Wildman–Crippen MR) is 27.6 cm³/mol. The summed E-state index contributed by atoms with van der Waals surface area (Å²) >= 11 is 0. The molecular weight excluding hydrogens is 106 g/mol. The average Bonchev–Trinajstić information content (AvgIpc) is 2.47. The number of nitrogens with two attached hydrogens (primary N) is 1. The monoisotopic (exact) mass is 115 g/mol. The van der Waals surface area contributed by atoms with Crippen molar-refractivity contribution < 1.29 is 9.63 Å². The summed E-state index contributed by atoms with van der Waals surface area (Å²) in [6.07, 6.45) is 1.84. The van der Waals surface area contributed by atoms with Crippen LogP contribution in [-0.4, -0.2) is 5.97 Å². The summed E-state index contributed by atoms with van der Waals surface area (Å²) in [7, 11) is 0. The molecule has 0 bridgehead atoms. The van der Waals surface area contributed by atoms with Crippen LogP contribution in [0.4, 0.5) is 0 Å². The van der Waals surface area contributed by atoms with Crippen LogP contribution in [0, 0.1) is 5.41 Å². The van der Waals surface area contributed by atoms with Crippen LogP contribution in [0.5, 0.6) is 0 Å². The van der Waals surface area contributed by atoms with Gasteiger partial charge in [-0.15, -0.1) is 0 Å². The second kappa shape index (κ2) is 1.45. The minimum absolute atomic E-state index is 0.227. The van der Waals surface area contributed by atoms with Gasteiger partial charge in [0.1, 0.15) is 0 Å². The SMILES string of the molecule is CC1(C(=O)ON)CC1. The fraction of sp³-hybridized carbons (Fsp3) is 0.800. The molecule has 0 aromatic rings. The maximum Gasteiger partial charge on any atom is 0.330 e. The van der Waals surface area contributed by atoms with Gasteiger partial charge in [-0.05, 0) is 19.8 Å². The van der Waals surface area contributed by atoms with Gasteiger partial charge >= 0.3 is 5.97 Å². The molecule has 2 N–H and O–H groups in total. The van der Waals surface area contributed by atoms with Crippen molar-refractivity contribution in [3.63, 3.8) is 0 Å². The normalized spacial score (nSPS) is 22.2.